The van der Waals surface area contributed by atoms with Crippen LogP contribution in [0.25, 0.3) is 21.9 Å². The van der Waals surface area contributed by atoms with E-state index in [1.54, 1.807) is 48.8 Å². The van der Waals surface area contributed by atoms with E-state index in [0.717, 1.165) is 16.9 Å². The van der Waals surface area contributed by atoms with Crippen molar-refractivity contribution in [1.29, 1.82) is 0 Å². The molecule has 0 aliphatic carbocycles. The summed E-state index contributed by atoms with van der Waals surface area (Å²) in [4.78, 5) is 50.0. The van der Waals surface area contributed by atoms with Crippen molar-refractivity contribution in [3.8, 4) is 11.4 Å². The smallest absolute Gasteiger partial charge is 0.291 e. The van der Waals surface area contributed by atoms with Crippen molar-refractivity contribution < 1.29 is 9.59 Å². The molecule has 5 aromatic rings. The Balaban J connectivity index is 1.39. The van der Waals surface area contributed by atoms with Gasteiger partial charge in [-0.1, -0.05) is 41.7 Å². The number of aromatic nitrogens is 4. The standard InChI is InChI=1S/C26H18N6O3S/c1-15-6-4-8-17(12-15)28-20(33)14-31-19-10-3-2-9-18(19)21(24(31)34)22-25(35)32-26(36-22)29-23(30-32)16-7-5-11-27-13-16/h2-13H,14H2,1H3,(H,28,33). The number of nitrogens with zero attached hydrogens (tertiary/aromatic N) is 5. The Bertz CT molecular complexity index is 1780. The van der Waals surface area contributed by atoms with Crippen molar-refractivity contribution >= 4 is 45.1 Å². The number of pyridine rings is 1. The van der Waals surface area contributed by atoms with Gasteiger partial charge >= 0.3 is 0 Å². The molecule has 0 fully saturated rings. The van der Waals surface area contributed by atoms with E-state index in [0.29, 0.717) is 33.3 Å². The first-order valence-electron chi connectivity index (χ1n) is 11.1. The highest BCUT2D eigenvalue weighted by Gasteiger charge is 2.35. The third-order valence-corrected chi connectivity index (χ3v) is 6.86. The molecular weight excluding hydrogens is 476 g/mol. The van der Waals surface area contributed by atoms with Gasteiger partial charge in [-0.2, -0.15) is 9.50 Å². The van der Waals surface area contributed by atoms with Crippen molar-refractivity contribution in [2.24, 2.45) is 0 Å². The normalized spacial score (nSPS) is 14.4. The van der Waals surface area contributed by atoms with Crippen LogP contribution < -0.4 is 20.3 Å². The number of carbonyl (C=O) groups excluding carboxylic acids is 2. The molecule has 0 saturated heterocycles. The first-order valence-corrected chi connectivity index (χ1v) is 11.9. The molecule has 0 radical (unpaired) electrons. The summed E-state index contributed by atoms with van der Waals surface area (Å²) in [5, 5.41) is 7.17. The molecule has 1 aliphatic heterocycles. The first kappa shape index (κ1) is 21.8. The minimum atomic E-state index is -0.429. The van der Waals surface area contributed by atoms with E-state index in [9.17, 15) is 14.4 Å². The second kappa shape index (κ2) is 8.51. The summed E-state index contributed by atoms with van der Waals surface area (Å²) in [5.74, 6) is -0.364. The zero-order valence-electron chi connectivity index (χ0n) is 19.0. The van der Waals surface area contributed by atoms with Crippen LogP contribution in [-0.4, -0.2) is 37.9 Å². The van der Waals surface area contributed by atoms with Crippen molar-refractivity contribution in [3.63, 3.8) is 0 Å². The van der Waals surface area contributed by atoms with E-state index in [1.807, 2.05) is 31.2 Å². The largest absolute Gasteiger partial charge is 0.325 e. The number of hydrogen-bond donors (Lipinski definition) is 1. The maximum atomic E-state index is 13.6. The Morgan fingerprint density at radius 3 is 2.69 bits per heavy atom. The number of amides is 2. The highest BCUT2D eigenvalue weighted by Crippen LogP contribution is 2.35. The number of para-hydroxylation sites is 1. The summed E-state index contributed by atoms with van der Waals surface area (Å²) >= 11 is 1.10. The monoisotopic (exact) mass is 494 g/mol. The minimum absolute atomic E-state index is 0.187. The number of thiazole rings is 1. The molecule has 0 atom stereocenters. The third-order valence-electron chi connectivity index (χ3n) is 5.83. The molecule has 0 spiro atoms. The Kier molecular flexibility index (Phi) is 5.15. The first-order chi connectivity index (χ1) is 17.5. The SMILES string of the molecule is Cc1cccc(NC(=O)CN2C(=O)C(=c3sc4nc(-c5cccnc5)nn4c3=O)c3ccccc32)c1. The molecule has 1 aliphatic rings. The van der Waals surface area contributed by atoms with Gasteiger partial charge in [-0.15, -0.1) is 5.10 Å². The molecule has 176 valence electrons. The molecule has 4 heterocycles. The quantitative estimate of drug-likeness (QED) is 0.411. The van der Waals surface area contributed by atoms with E-state index in [-0.39, 0.29) is 22.6 Å². The van der Waals surface area contributed by atoms with Crippen LogP contribution >= 0.6 is 11.3 Å². The van der Waals surface area contributed by atoms with Gasteiger partial charge in [0.2, 0.25) is 10.9 Å². The molecule has 1 N–H and O–H groups in total. The maximum absolute atomic E-state index is 13.6. The molecule has 36 heavy (non-hydrogen) atoms. The van der Waals surface area contributed by atoms with E-state index >= 15 is 0 Å². The van der Waals surface area contributed by atoms with Crippen molar-refractivity contribution in [3.05, 3.63) is 99.1 Å². The van der Waals surface area contributed by atoms with Gasteiger partial charge in [-0.25, -0.2) is 0 Å². The Hall–Kier alpha value is -4.70. The predicted octanol–water partition coefficient (Wildman–Crippen LogP) is 2.42. The third kappa shape index (κ3) is 3.64. The summed E-state index contributed by atoms with van der Waals surface area (Å²) in [6, 6.07) is 18.1. The minimum Gasteiger partial charge on any atom is -0.325 e. The van der Waals surface area contributed by atoms with E-state index < -0.39 is 11.5 Å². The van der Waals surface area contributed by atoms with Crippen LogP contribution in [0.2, 0.25) is 0 Å². The highest BCUT2D eigenvalue weighted by atomic mass is 32.1. The summed E-state index contributed by atoms with van der Waals surface area (Å²) in [7, 11) is 0. The number of anilines is 2. The van der Waals surface area contributed by atoms with Gasteiger partial charge < -0.3 is 5.32 Å². The van der Waals surface area contributed by atoms with Crippen molar-refractivity contribution in [2.45, 2.75) is 6.92 Å². The molecule has 10 heteroatoms. The van der Waals surface area contributed by atoms with Crippen LogP contribution in [-0.2, 0) is 9.59 Å². The number of nitrogens with one attached hydrogen (secondary N) is 1. The summed E-state index contributed by atoms with van der Waals surface area (Å²) in [6.07, 6.45) is 3.27. The Labute approximate surface area is 208 Å². The molecular formula is C26H18N6O3S. The summed E-state index contributed by atoms with van der Waals surface area (Å²) < 4.78 is 1.44. The fourth-order valence-corrected chi connectivity index (χ4v) is 5.22. The number of aryl methyl sites for hydroxylation is 1. The van der Waals surface area contributed by atoms with Gasteiger partial charge in [0.1, 0.15) is 11.1 Å². The molecule has 3 aromatic heterocycles. The van der Waals surface area contributed by atoms with Crippen LogP contribution in [0.3, 0.4) is 0 Å². The number of carbonyl (C=O) groups is 2. The average molecular weight is 495 g/mol. The van der Waals surface area contributed by atoms with Crippen LogP contribution in [0.15, 0.2) is 77.9 Å². The lowest BCUT2D eigenvalue weighted by atomic mass is 10.1. The number of hydrogen-bond acceptors (Lipinski definition) is 7. The molecule has 0 saturated carbocycles. The molecule has 2 aromatic carbocycles. The predicted molar refractivity (Wildman–Crippen MR) is 137 cm³/mol. The van der Waals surface area contributed by atoms with Gasteiger partial charge in [0.25, 0.3) is 11.5 Å². The second-order valence-electron chi connectivity index (χ2n) is 8.31. The molecule has 0 bridgehead atoms. The fourth-order valence-electron chi connectivity index (χ4n) is 4.23. The zero-order chi connectivity index (χ0) is 24.8. The molecule has 6 rings (SSSR count). The number of rotatable bonds is 4. The topological polar surface area (TPSA) is 110 Å². The number of benzene rings is 2. The zero-order valence-corrected chi connectivity index (χ0v) is 19.8. The van der Waals surface area contributed by atoms with Crippen LogP contribution in [0, 0.1) is 6.92 Å². The van der Waals surface area contributed by atoms with Crippen LogP contribution in [0.5, 0.6) is 0 Å². The van der Waals surface area contributed by atoms with E-state index in [4.69, 9.17) is 0 Å². The Morgan fingerprint density at radius 2 is 1.92 bits per heavy atom. The van der Waals surface area contributed by atoms with Gasteiger partial charge in [0, 0.05) is 29.2 Å². The van der Waals surface area contributed by atoms with Crippen LogP contribution in [0.1, 0.15) is 11.1 Å². The summed E-state index contributed by atoms with van der Waals surface area (Å²) in [6.45, 7) is 1.75. The lowest BCUT2D eigenvalue weighted by Crippen LogP contribution is -2.37. The molecule has 2 amide bonds. The van der Waals surface area contributed by atoms with E-state index in [1.165, 1.54) is 9.42 Å². The fraction of sp³-hybridized carbons (Fsp3) is 0.0769. The Morgan fingerprint density at radius 1 is 1.06 bits per heavy atom. The van der Waals surface area contributed by atoms with Gasteiger partial charge in [0.15, 0.2) is 5.82 Å². The lowest BCUT2D eigenvalue weighted by molar-refractivity contribution is -0.118. The van der Waals surface area contributed by atoms with E-state index in [2.05, 4.69) is 20.4 Å². The van der Waals surface area contributed by atoms with Gasteiger partial charge in [-0.05, 0) is 42.8 Å². The van der Waals surface area contributed by atoms with Crippen LogP contribution in [0.4, 0.5) is 11.4 Å². The molecule has 0 unspecified atom stereocenters. The highest BCUT2D eigenvalue weighted by molar-refractivity contribution is 7.15. The van der Waals surface area contributed by atoms with Gasteiger partial charge in [-0.3, -0.25) is 24.3 Å². The molecule has 9 nitrogen and oxygen atoms in total. The van der Waals surface area contributed by atoms with Crippen molar-refractivity contribution in [1.82, 2.24) is 19.6 Å². The second-order valence-corrected chi connectivity index (χ2v) is 9.29. The number of fused-ring (bicyclic) bond motifs is 2. The maximum Gasteiger partial charge on any atom is 0.291 e. The lowest BCUT2D eigenvalue weighted by Gasteiger charge is -2.16. The summed E-state index contributed by atoms with van der Waals surface area (Å²) in [5.41, 5.74) is 3.35. The average Bonchev–Trinajstić information content (AvgIpc) is 3.51. The van der Waals surface area contributed by atoms with Crippen molar-refractivity contribution in [2.75, 3.05) is 16.8 Å². The van der Waals surface area contributed by atoms with Gasteiger partial charge in [0.05, 0.1) is 11.3 Å².